The Morgan fingerprint density at radius 2 is 2.07 bits per heavy atom. The van der Waals surface area contributed by atoms with Gasteiger partial charge in [0, 0.05) is 15.5 Å². The van der Waals surface area contributed by atoms with Crippen LogP contribution in [0.1, 0.15) is 28.8 Å². The number of rotatable bonds is 0. The van der Waals surface area contributed by atoms with E-state index in [-0.39, 0.29) is 17.0 Å². The van der Waals surface area contributed by atoms with E-state index in [1.165, 1.54) is 6.07 Å². The Balaban J connectivity index is 2.23. The molecule has 0 heterocycles. The van der Waals surface area contributed by atoms with Gasteiger partial charge in [0.05, 0.1) is 0 Å². The van der Waals surface area contributed by atoms with Crippen molar-refractivity contribution in [2.45, 2.75) is 19.3 Å². The maximum Gasteiger partial charge on any atom is 0.169 e. The van der Waals surface area contributed by atoms with Gasteiger partial charge in [0.25, 0.3) is 0 Å². The molecule has 1 nitrogen and oxygen atoms in total. The van der Waals surface area contributed by atoms with E-state index >= 15 is 0 Å². The molecule has 1 aromatic carbocycles. The molecule has 0 aromatic heterocycles. The first-order valence-corrected chi connectivity index (χ1v) is 5.44. The summed E-state index contributed by atoms with van der Waals surface area (Å²) in [7, 11) is 0. The number of benzene rings is 1. The van der Waals surface area contributed by atoms with E-state index in [4.69, 9.17) is 0 Å². The summed E-state index contributed by atoms with van der Waals surface area (Å²) in [5, 5.41) is 0. The number of halogens is 2. The highest BCUT2D eigenvalue weighted by molar-refractivity contribution is 9.10. The molecule has 1 spiro atoms. The van der Waals surface area contributed by atoms with Gasteiger partial charge in [-0.3, -0.25) is 4.79 Å². The normalized spacial score (nSPS) is 21.4. The van der Waals surface area contributed by atoms with Crippen molar-refractivity contribution in [1.82, 2.24) is 0 Å². The molecule has 2 aliphatic rings. The molecule has 2 aliphatic carbocycles. The minimum absolute atomic E-state index is 0.146. The molecule has 0 aliphatic heterocycles. The summed E-state index contributed by atoms with van der Waals surface area (Å²) in [5.74, 6) is -0.0980. The molecule has 0 N–H and O–H groups in total. The van der Waals surface area contributed by atoms with Crippen LogP contribution in [-0.2, 0) is 6.42 Å². The van der Waals surface area contributed by atoms with Gasteiger partial charge >= 0.3 is 0 Å². The SMILES string of the molecule is O=C1c2cc(Br)cc(F)c2CC12CC2. The first-order valence-electron chi connectivity index (χ1n) is 4.65. The van der Waals surface area contributed by atoms with Crippen molar-refractivity contribution in [2.24, 2.45) is 5.41 Å². The molecule has 3 rings (SSSR count). The highest BCUT2D eigenvalue weighted by Gasteiger charge is 2.55. The van der Waals surface area contributed by atoms with Gasteiger partial charge in [0.15, 0.2) is 5.78 Å². The van der Waals surface area contributed by atoms with Crippen LogP contribution in [0.3, 0.4) is 0 Å². The van der Waals surface area contributed by atoms with Crippen molar-refractivity contribution < 1.29 is 9.18 Å². The molecule has 14 heavy (non-hydrogen) atoms. The summed E-state index contributed by atoms with van der Waals surface area (Å²) in [6.07, 6.45) is 2.47. The third kappa shape index (κ3) is 0.962. The molecule has 3 heteroatoms. The molecule has 1 saturated carbocycles. The fraction of sp³-hybridized carbons (Fsp3) is 0.364. The van der Waals surface area contributed by atoms with Crippen molar-refractivity contribution in [3.05, 3.63) is 33.5 Å². The topological polar surface area (TPSA) is 17.1 Å². The first-order chi connectivity index (χ1) is 6.62. The molecular formula is C11H8BrFO. The van der Waals surface area contributed by atoms with Crippen LogP contribution >= 0.6 is 15.9 Å². The molecule has 0 bridgehead atoms. The van der Waals surface area contributed by atoms with Gasteiger partial charge in [-0.1, -0.05) is 15.9 Å². The number of fused-ring (bicyclic) bond motifs is 1. The number of ketones is 1. The van der Waals surface area contributed by atoms with Gasteiger partial charge in [0.2, 0.25) is 0 Å². The summed E-state index contributed by atoms with van der Waals surface area (Å²) in [6, 6.07) is 3.18. The third-order valence-corrected chi connectivity index (χ3v) is 3.71. The van der Waals surface area contributed by atoms with Crippen LogP contribution in [0.15, 0.2) is 16.6 Å². The number of Topliss-reactive ketones (excluding diaryl/α,β-unsaturated/α-hetero) is 1. The van der Waals surface area contributed by atoms with Gasteiger partial charge in [-0.2, -0.15) is 0 Å². The van der Waals surface area contributed by atoms with Crippen molar-refractivity contribution in [3.8, 4) is 0 Å². The predicted octanol–water partition coefficient (Wildman–Crippen LogP) is 3.11. The van der Waals surface area contributed by atoms with E-state index in [0.717, 1.165) is 12.8 Å². The van der Waals surface area contributed by atoms with Crippen LogP contribution in [0.5, 0.6) is 0 Å². The second-order valence-corrected chi connectivity index (χ2v) is 5.12. The standard InChI is InChI=1S/C11H8BrFO/c12-6-3-7-8(9(13)4-6)5-11(1-2-11)10(7)14/h3-4H,1-2,5H2. The quantitative estimate of drug-likeness (QED) is 0.696. The smallest absolute Gasteiger partial charge is 0.169 e. The lowest BCUT2D eigenvalue weighted by atomic mass is 10.0. The molecule has 0 saturated heterocycles. The summed E-state index contributed by atoms with van der Waals surface area (Å²) < 4.78 is 14.2. The highest BCUT2D eigenvalue weighted by Crippen LogP contribution is 2.55. The van der Waals surface area contributed by atoms with E-state index in [0.29, 0.717) is 22.0 Å². The zero-order chi connectivity index (χ0) is 9.92. The Hall–Kier alpha value is -0.700. The predicted molar refractivity (Wildman–Crippen MR) is 53.8 cm³/mol. The van der Waals surface area contributed by atoms with Crippen LogP contribution in [-0.4, -0.2) is 5.78 Å². The Morgan fingerprint density at radius 3 is 2.71 bits per heavy atom. The van der Waals surface area contributed by atoms with Crippen LogP contribution in [0.2, 0.25) is 0 Å². The van der Waals surface area contributed by atoms with E-state index < -0.39 is 0 Å². The number of hydrogen-bond acceptors (Lipinski definition) is 1. The second-order valence-electron chi connectivity index (χ2n) is 4.20. The number of carbonyl (C=O) groups excluding carboxylic acids is 1. The summed E-state index contributed by atoms with van der Waals surface area (Å²) in [4.78, 5) is 11.9. The van der Waals surface area contributed by atoms with Crippen LogP contribution in [0.25, 0.3) is 0 Å². The maximum absolute atomic E-state index is 13.5. The summed E-state index contributed by atoms with van der Waals surface area (Å²) in [6.45, 7) is 0. The highest BCUT2D eigenvalue weighted by atomic mass is 79.9. The lowest BCUT2D eigenvalue weighted by molar-refractivity contribution is 0.0919. The minimum Gasteiger partial charge on any atom is -0.294 e. The summed E-state index contributed by atoms with van der Waals surface area (Å²) >= 11 is 3.21. The van der Waals surface area contributed by atoms with Gasteiger partial charge in [-0.25, -0.2) is 4.39 Å². The van der Waals surface area contributed by atoms with Crippen molar-refractivity contribution >= 4 is 21.7 Å². The molecule has 1 fully saturated rings. The zero-order valence-electron chi connectivity index (χ0n) is 7.44. The van der Waals surface area contributed by atoms with Gasteiger partial charge < -0.3 is 0 Å². The minimum atomic E-state index is -0.244. The van der Waals surface area contributed by atoms with E-state index in [9.17, 15) is 9.18 Å². The summed E-state index contributed by atoms with van der Waals surface area (Å²) in [5.41, 5.74) is 1.01. The Kier molecular flexibility index (Phi) is 1.51. The Labute approximate surface area is 89.4 Å². The van der Waals surface area contributed by atoms with Crippen LogP contribution < -0.4 is 0 Å². The molecule has 1 aromatic rings. The average molecular weight is 255 g/mol. The Bertz CT molecular complexity index is 449. The molecule has 0 radical (unpaired) electrons. The number of carbonyl (C=O) groups is 1. The van der Waals surface area contributed by atoms with Crippen molar-refractivity contribution in [3.63, 3.8) is 0 Å². The largest absolute Gasteiger partial charge is 0.294 e. The molecular weight excluding hydrogens is 247 g/mol. The lowest BCUT2D eigenvalue weighted by Gasteiger charge is -1.99. The Morgan fingerprint density at radius 1 is 1.36 bits per heavy atom. The van der Waals surface area contributed by atoms with Gasteiger partial charge in [-0.15, -0.1) is 0 Å². The van der Waals surface area contributed by atoms with Crippen molar-refractivity contribution in [2.75, 3.05) is 0 Å². The lowest BCUT2D eigenvalue weighted by Crippen LogP contribution is -2.08. The van der Waals surface area contributed by atoms with Gasteiger partial charge in [-0.05, 0) is 37.0 Å². The van der Waals surface area contributed by atoms with Gasteiger partial charge in [0.1, 0.15) is 5.82 Å². The number of hydrogen-bond donors (Lipinski definition) is 0. The fourth-order valence-corrected chi connectivity index (χ4v) is 2.67. The monoisotopic (exact) mass is 254 g/mol. The van der Waals surface area contributed by atoms with E-state index in [1.807, 2.05) is 0 Å². The molecule has 0 atom stereocenters. The van der Waals surface area contributed by atoms with Crippen molar-refractivity contribution in [1.29, 1.82) is 0 Å². The zero-order valence-corrected chi connectivity index (χ0v) is 9.03. The average Bonchev–Trinajstić information content (AvgIpc) is 2.83. The molecule has 0 unspecified atom stereocenters. The second kappa shape index (κ2) is 2.45. The third-order valence-electron chi connectivity index (χ3n) is 3.26. The molecule has 0 amide bonds. The van der Waals surface area contributed by atoms with E-state index in [1.54, 1.807) is 6.07 Å². The van der Waals surface area contributed by atoms with Crippen LogP contribution in [0, 0.1) is 11.2 Å². The van der Waals surface area contributed by atoms with Crippen LogP contribution in [0.4, 0.5) is 4.39 Å². The fourth-order valence-electron chi connectivity index (χ4n) is 2.24. The first kappa shape index (κ1) is 8.60. The molecule has 72 valence electrons. The maximum atomic E-state index is 13.5. The van der Waals surface area contributed by atoms with E-state index in [2.05, 4.69) is 15.9 Å².